The molecule has 1 aromatic rings. The molecule has 0 aromatic heterocycles. The smallest absolute Gasteiger partial charge is 0.274 e. The maximum absolute atomic E-state index is 13.2. The van der Waals surface area contributed by atoms with Crippen molar-refractivity contribution >= 4 is 5.91 Å². The number of ether oxygens (including phenoxy) is 1. The Morgan fingerprint density at radius 2 is 2.31 bits per heavy atom. The average molecular weight is 226 g/mol. The summed E-state index contributed by atoms with van der Waals surface area (Å²) in [4.78, 5) is 11.2. The van der Waals surface area contributed by atoms with Crippen LogP contribution in [0.4, 0.5) is 4.39 Å². The van der Waals surface area contributed by atoms with Crippen molar-refractivity contribution in [2.75, 3.05) is 0 Å². The largest absolute Gasteiger partial charge is 0.480 e. The van der Waals surface area contributed by atoms with Gasteiger partial charge in [-0.25, -0.2) is 10.2 Å². The molecule has 1 aromatic carbocycles. The van der Waals surface area contributed by atoms with E-state index in [0.29, 0.717) is 17.7 Å². The Hall–Kier alpha value is -1.62. The summed E-state index contributed by atoms with van der Waals surface area (Å²) in [5.74, 6) is 4.53. The van der Waals surface area contributed by atoms with E-state index in [1.54, 1.807) is 26.0 Å². The van der Waals surface area contributed by atoms with Gasteiger partial charge in [0.2, 0.25) is 0 Å². The van der Waals surface area contributed by atoms with Gasteiger partial charge >= 0.3 is 0 Å². The molecule has 1 unspecified atom stereocenters. The Labute approximate surface area is 93.6 Å². The van der Waals surface area contributed by atoms with Crippen LogP contribution < -0.4 is 16.0 Å². The van der Waals surface area contributed by atoms with E-state index in [4.69, 9.17) is 10.6 Å². The van der Waals surface area contributed by atoms with Crippen LogP contribution in [0.15, 0.2) is 18.2 Å². The highest BCUT2D eigenvalue weighted by atomic mass is 19.1. The summed E-state index contributed by atoms with van der Waals surface area (Å²) in [5.41, 5.74) is 2.54. The Morgan fingerprint density at radius 1 is 1.62 bits per heavy atom. The maximum Gasteiger partial charge on any atom is 0.274 e. The van der Waals surface area contributed by atoms with Crippen molar-refractivity contribution in [3.05, 3.63) is 29.6 Å². The van der Waals surface area contributed by atoms with E-state index in [1.165, 1.54) is 6.07 Å². The van der Waals surface area contributed by atoms with Crippen molar-refractivity contribution < 1.29 is 13.9 Å². The van der Waals surface area contributed by atoms with Crippen LogP contribution in [0.5, 0.6) is 5.75 Å². The van der Waals surface area contributed by atoms with E-state index in [-0.39, 0.29) is 5.82 Å². The summed E-state index contributed by atoms with van der Waals surface area (Å²) in [6.07, 6.45) is -0.245. The fraction of sp³-hybridized carbons (Fsp3) is 0.364. The predicted octanol–water partition coefficient (Wildman–Crippen LogP) is 1.28. The van der Waals surface area contributed by atoms with Gasteiger partial charge in [-0.05, 0) is 25.0 Å². The number of aryl methyl sites for hydroxylation is 1. The number of benzene rings is 1. The maximum atomic E-state index is 13.2. The van der Waals surface area contributed by atoms with Gasteiger partial charge < -0.3 is 4.74 Å². The number of rotatable bonds is 4. The lowest BCUT2D eigenvalue weighted by Crippen LogP contribution is -2.41. The zero-order valence-corrected chi connectivity index (χ0v) is 9.29. The molecule has 1 amide bonds. The molecule has 1 atom stereocenters. The van der Waals surface area contributed by atoms with E-state index in [9.17, 15) is 9.18 Å². The van der Waals surface area contributed by atoms with Gasteiger partial charge in [0, 0.05) is 6.07 Å². The van der Waals surface area contributed by atoms with Crippen molar-refractivity contribution in [2.24, 2.45) is 5.84 Å². The Bertz CT molecular complexity index is 382. The van der Waals surface area contributed by atoms with Crippen LogP contribution in [0.3, 0.4) is 0 Å². The predicted molar refractivity (Wildman–Crippen MR) is 58.2 cm³/mol. The van der Waals surface area contributed by atoms with Crippen LogP contribution in [0.2, 0.25) is 0 Å². The highest BCUT2D eigenvalue weighted by Gasteiger charge is 2.17. The summed E-state index contributed by atoms with van der Waals surface area (Å²) in [7, 11) is 0. The second kappa shape index (κ2) is 5.46. The second-order valence-electron chi connectivity index (χ2n) is 3.43. The van der Waals surface area contributed by atoms with Crippen LogP contribution >= 0.6 is 0 Å². The SMILES string of the molecule is CCC(Oc1ccc(C)c(F)c1)C(=O)NN. The minimum atomic E-state index is -0.702. The molecular formula is C11H15FN2O2. The van der Waals surface area contributed by atoms with Crippen molar-refractivity contribution in [1.29, 1.82) is 0 Å². The van der Waals surface area contributed by atoms with Crippen LogP contribution in [0.1, 0.15) is 18.9 Å². The normalized spacial score (nSPS) is 12.0. The lowest BCUT2D eigenvalue weighted by molar-refractivity contribution is -0.128. The molecule has 0 spiro atoms. The molecule has 0 bridgehead atoms. The van der Waals surface area contributed by atoms with Gasteiger partial charge in [-0.15, -0.1) is 0 Å². The summed E-state index contributed by atoms with van der Waals surface area (Å²) >= 11 is 0. The molecule has 0 heterocycles. The average Bonchev–Trinajstić information content (AvgIpc) is 2.29. The quantitative estimate of drug-likeness (QED) is 0.462. The van der Waals surface area contributed by atoms with E-state index in [1.807, 2.05) is 5.43 Å². The molecule has 0 radical (unpaired) electrons. The highest BCUT2D eigenvalue weighted by molar-refractivity contribution is 5.80. The lowest BCUT2D eigenvalue weighted by Gasteiger charge is -2.15. The van der Waals surface area contributed by atoms with Crippen LogP contribution in [0.25, 0.3) is 0 Å². The third-order valence-corrected chi connectivity index (χ3v) is 2.23. The van der Waals surface area contributed by atoms with E-state index in [0.717, 1.165) is 0 Å². The number of hydrogen-bond acceptors (Lipinski definition) is 3. The number of hydrogen-bond donors (Lipinski definition) is 2. The van der Waals surface area contributed by atoms with Gasteiger partial charge in [0.05, 0.1) is 0 Å². The molecule has 0 aliphatic heterocycles. The molecule has 1 rings (SSSR count). The molecule has 0 aliphatic rings. The zero-order valence-electron chi connectivity index (χ0n) is 9.29. The summed E-state index contributed by atoms with van der Waals surface area (Å²) < 4.78 is 18.5. The monoisotopic (exact) mass is 226 g/mol. The van der Waals surface area contributed by atoms with Gasteiger partial charge in [-0.3, -0.25) is 10.2 Å². The minimum absolute atomic E-state index is 0.318. The fourth-order valence-electron chi connectivity index (χ4n) is 1.23. The molecule has 88 valence electrons. The molecule has 0 aliphatic carbocycles. The van der Waals surface area contributed by atoms with E-state index < -0.39 is 12.0 Å². The number of carbonyl (C=O) groups excluding carboxylic acids is 1. The van der Waals surface area contributed by atoms with E-state index >= 15 is 0 Å². The van der Waals surface area contributed by atoms with Crippen molar-refractivity contribution in [1.82, 2.24) is 5.43 Å². The minimum Gasteiger partial charge on any atom is -0.480 e. The summed E-state index contributed by atoms with van der Waals surface area (Å²) in [5, 5.41) is 0. The third-order valence-electron chi connectivity index (χ3n) is 2.23. The first-order valence-corrected chi connectivity index (χ1v) is 5.01. The number of nitrogens with one attached hydrogen (secondary N) is 1. The molecular weight excluding hydrogens is 211 g/mol. The number of amides is 1. The first kappa shape index (κ1) is 12.4. The first-order chi connectivity index (χ1) is 7.58. The molecule has 0 saturated heterocycles. The number of hydrazine groups is 1. The zero-order chi connectivity index (χ0) is 12.1. The van der Waals surface area contributed by atoms with Crippen molar-refractivity contribution in [3.63, 3.8) is 0 Å². The summed E-state index contributed by atoms with van der Waals surface area (Å²) in [6, 6.07) is 4.46. The van der Waals surface area contributed by atoms with Crippen LogP contribution in [-0.2, 0) is 4.79 Å². The van der Waals surface area contributed by atoms with Gasteiger partial charge in [0.1, 0.15) is 11.6 Å². The van der Waals surface area contributed by atoms with Crippen LogP contribution in [-0.4, -0.2) is 12.0 Å². The Kier molecular flexibility index (Phi) is 4.25. The standard InChI is InChI=1S/C11H15FN2O2/c1-3-10(11(15)14-13)16-8-5-4-7(2)9(12)6-8/h4-6,10H,3,13H2,1-2H3,(H,14,15). The molecule has 3 N–H and O–H groups in total. The van der Waals surface area contributed by atoms with Crippen molar-refractivity contribution in [3.8, 4) is 5.75 Å². The Balaban J connectivity index is 2.78. The lowest BCUT2D eigenvalue weighted by atomic mass is 10.2. The molecule has 4 nitrogen and oxygen atoms in total. The van der Waals surface area contributed by atoms with Gasteiger partial charge in [-0.1, -0.05) is 13.0 Å². The fourth-order valence-corrected chi connectivity index (χ4v) is 1.23. The number of halogens is 1. The molecule has 0 fully saturated rings. The van der Waals surface area contributed by atoms with Gasteiger partial charge in [0.15, 0.2) is 6.10 Å². The van der Waals surface area contributed by atoms with Crippen molar-refractivity contribution in [2.45, 2.75) is 26.4 Å². The molecule has 16 heavy (non-hydrogen) atoms. The van der Waals surface area contributed by atoms with Gasteiger partial charge in [0.25, 0.3) is 5.91 Å². The second-order valence-corrected chi connectivity index (χ2v) is 3.43. The summed E-state index contributed by atoms with van der Waals surface area (Å²) in [6.45, 7) is 3.44. The number of carbonyl (C=O) groups is 1. The topological polar surface area (TPSA) is 64.3 Å². The van der Waals surface area contributed by atoms with Gasteiger partial charge in [-0.2, -0.15) is 0 Å². The molecule has 5 heteroatoms. The highest BCUT2D eigenvalue weighted by Crippen LogP contribution is 2.17. The van der Waals surface area contributed by atoms with Crippen LogP contribution in [0, 0.1) is 12.7 Å². The first-order valence-electron chi connectivity index (χ1n) is 5.01. The van der Waals surface area contributed by atoms with E-state index in [2.05, 4.69) is 0 Å². The third kappa shape index (κ3) is 2.93. The molecule has 0 saturated carbocycles. The Morgan fingerprint density at radius 3 is 2.81 bits per heavy atom. The number of nitrogens with two attached hydrogens (primary N) is 1.